The summed E-state index contributed by atoms with van der Waals surface area (Å²) in [5.41, 5.74) is 14.4. The summed E-state index contributed by atoms with van der Waals surface area (Å²) in [5.74, 6) is 0.401. The number of fused-ring (bicyclic) bond motifs is 1. The molecule has 3 rings (SSSR count). The normalized spacial score (nSPS) is 16.9. The Morgan fingerprint density at radius 2 is 1.81 bits per heavy atom. The highest BCUT2D eigenvalue weighted by atomic mass is 35.5. The van der Waals surface area contributed by atoms with E-state index in [1.807, 2.05) is 18.2 Å². The lowest BCUT2D eigenvalue weighted by Crippen LogP contribution is -2.21. The third-order valence-electron chi connectivity index (χ3n) is 3.45. The van der Waals surface area contributed by atoms with Gasteiger partial charge in [-0.3, -0.25) is 0 Å². The molecule has 0 amide bonds. The van der Waals surface area contributed by atoms with Gasteiger partial charge in [-0.05, 0) is 23.8 Å². The Morgan fingerprint density at radius 1 is 1.10 bits per heavy atom. The smallest absolute Gasteiger partial charge is 0.205 e. The molecule has 1 unspecified atom stereocenters. The topological polar surface area (TPSA) is 85.1 Å². The molecule has 1 heterocycles. The van der Waals surface area contributed by atoms with E-state index in [9.17, 15) is 5.26 Å². The first-order valence-corrected chi connectivity index (χ1v) is 6.70. The Bertz CT molecular complexity index is 775. The molecule has 4 N–H and O–H groups in total. The minimum atomic E-state index is -0.281. The Balaban J connectivity index is 2.21. The van der Waals surface area contributed by atoms with Crippen molar-refractivity contribution in [3.8, 4) is 11.8 Å². The van der Waals surface area contributed by atoms with Crippen molar-refractivity contribution in [3.05, 3.63) is 70.1 Å². The van der Waals surface area contributed by atoms with Crippen LogP contribution < -0.4 is 16.2 Å². The Labute approximate surface area is 127 Å². The van der Waals surface area contributed by atoms with Gasteiger partial charge in [-0.15, -0.1) is 0 Å². The number of benzene rings is 2. The lowest BCUT2D eigenvalue weighted by molar-refractivity contribution is 0.394. The molecule has 0 bridgehead atoms. The molecule has 1 atom stereocenters. The van der Waals surface area contributed by atoms with Crippen LogP contribution in [0.3, 0.4) is 0 Å². The van der Waals surface area contributed by atoms with Gasteiger partial charge in [-0.25, -0.2) is 0 Å². The molecule has 21 heavy (non-hydrogen) atoms. The van der Waals surface area contributed by atoms with Gasteiger partial charge in [0.25, 0.3) is 0 Å². The van der Waals surface area contributed by atoms with Crippen LogP contribution in [0.4, 0.5) is 5.69 Å². The van der Waals surface area contributed by atoms with Crippen LogP contribution in [-0.2, 0) is 0 Å². The number of nitrogens with zero attached hydrogens (tertiary/aromatic N) is 1. The van der Waals surface area contributed by atoms with E-state index >= 15 is 0 Å². The number of nitrogen functional groups attached to an aromatic ring is 1. The highest BCUT2D eigenvalue weighted by Gasteiger charge is 2.30. The zero-order valence-corrected chi connectivity index (χ0v) is 11.8. The predicted molar refractivity (Wildman–Crippen MR) is 81.6 cm³/mol. The lowest BCUT2D eigenvalue weighted by atomic mass is 9.83. The second-order valence-electron chi connectivity index (χ2n) is 4.77. The van der Waals surface area contributed by atoms with Crippen molar-refractivity contribution in [1.82, 2.24) is 0 Å². The maximum Gasteiger partial charge on any atom is 0.205 e. The van der Waals surface area contributed by atoms with E-state index < -0.39 is 0 Å². The molecule has 5 heteroatoms. The van der Waals surface area contributed by atoms with Gasteiger partial charge >= 0.3 is 0 Å². The SMILES string of the molecule is N#CC1=C(N)Oc2cc(N)ccc2C1c1ccc(Cl)cc1. The molecule has 0 fully saturated rings. The number of rotatable bonds is 1. The van der Waals surface area contributed by atoms with Crippen LogP contribution in [0.1, 0.15) is 17.0 Å². The highest BCUT2D eigenvalue weighted by Crippen LogP contribution is 2.42. The summed E-state index contributed by atoms with van der Waals surface area (Å²) in [6.07, 6.45) is 0. The van der Waals surface area contributed by atoms with Crippen LogP contribution in [0.25, 0.3) is 0 Å². The first-order valence-electron chi connectivity index (χ1n) is 6.32. The second kappa shape index (κ2) is 5.04. The van der Waals surface area contributed by atoms with E-state index in [1.165, 1.54) is 0 Å². The van der Waals surface area contributed by atoms with Crippen LogP contribution >= 0.6 is 11.6 Å². The summed E-state index contributed by atoms with van der Waals surface area (Å²) < 4.78 is 5.52. The first kappa shape index (κ1) is 13.3. The molecule has 1 aliphatic heterocycles. The molecular formula is C16H12ClN3O. The average Bonchev–Trinajstić information content (AvgIpc) is 2.46. The summed E-state index contributed by atoms with van der Waals surface area (Å²) in [7, 11) is 0. The number of nitrogens with two attached hydrogens (primary N) is 2. The fraction of sp³-hybridized carbons (Fsp3) is 0.0625. The third-order valence-corrected chi connectivity index (χ3v) is 3.70. The molecule has 1 aliphatic rings. The molecule has 0 aliphatic carbocycles. The van der Waals surface area contributed by atoms with Gasteiger partial charge in [0.15, 0.2) is 0 Å². The Morgan fingerprint density at radius 3 is 2.48 bits per heavy atom. The number of allylic oxidation sites excluding steroid dienone is 1. The first-order chi connectivity index (χ1) is 10.1. The maximum atomic E-state index is 9.41. The zero-order chi connectivity index (χ0) is 15.0. The Hall–Kier alpha value is -2.64. The van der Waals surface area contributed by atoms with Gasteiger partial charge in [-0.2, -0.15) is 5.26 Å². The number of nitriles is 1. The van der Waals surface area contributed by atoms with Crippen molar-refractivity contribution in [2.75, 3.05) is 5.73 Å². The van der Waals surface area contributed by atoms with Crippen LogP contribution in [0.5, 0.6) is 5.75 Å². The summed E-state index contributed by atoms with van der Waals surface area (Å²) in [5, 5.41) is 10.0. The molecule has 2 aromatic carbocycles. The molecule has 0 aromatic heterocycles. The molecule has 0 saturated heterocycles. The average molecular weight is 298 g/mol. The van der Waals surface area contributed by atoms with E-state index in [-0.39, 0.29) is 11.8 Å². The van der Waals surface area contributed by atoms with Crippen molar-refractivity contribution in [3.63, 3.8) is 0 Å². The number of ether oxygens (including phenoxy) is 1. The molecular weight excluding hydrogens is 286 g/mol. The second-order valence-corrected chi connectivity index (χ2v) is 5.21. The predicted octanol–water partition coefficient (Wildman–Crippen LogP) is 3.14. The van der Waals surface area contributed by atoms with E-state index in [1.54, 1.807) is 24.3 Å². The summed E-state index contributed by atoms with van der Waals surface area (Å²) in [6, 6.07) is 14.8. The van der Waals surface area contributed by atoms with E-state index in [0.29, 0.717) is 22.0 Å². The van der Waals surface area contributed by atoms with Crippen molar-refractivity contribution >= 4 is 17.3 Å². The highest BCUT2D eigenvalue weighted by molar-refractivity contribution is 6.30. The van der Waals surface area contributed by atoms with Crippen LogP contribution in [0.15, 0.2) is 53.9 Å². The van der Waals surface area contributed by atoms with Gasteiger partial charge in [-0.1, -0.05) is 29.8 Å². The number of anilines is 1. The van der Waals surface area contributed by atoms with E-state index in [2.05, 4.69) is 6.07 Å². The maximum absolute atomic E-state index is 9.41. The molecule has 0 radical (unpaired) electrons. The fourth-order valence-electron chi connectivity index (χ4n) is 2.47. The standard InChI is InChI=1S/C16H12ClN3O/c17-10-3-1-9(2-4-10)15-12-6-5-11(19)7-14(12)21-16(20)13(15)8-18/h1-7,15H,19-20H2. The van der Waals surface area contributed by atoms with E-state index in [4.69, 9.17) is 27.8 Å². The third kappa shape index (κ3) is 2.28. The minimum absolute atomic E-state index is 0.107. The van der Waals surface area contributed by atoms with Crippen molar-refractivity contribution in [2.24, 2.45) is 5.73 Å². The van der Waals surface area contributed by atoms with Crippen LogP contribution in [0, 0.1) is 11.3 Å². The van der Waals surface area contributed by atoms with Crippen LogP contribution in [-0.4, -0.2) is 0 Å². The molecule has 0 saturated carbocycles. The monoisotopic (exact) mass is 297 g/mol. The summed E-state index contributed by atoms with van der Waals surface area (Å²) in [6.45, 7) is 0. The van der Waals surface area contributed by atoms with Crippen molar-refractivity contribution < 1.29 is 4.74 Å². The molecule has 0 spiro atoms. The Kier molecular flexibility index (Phi) is 3.20. The van der Waals surface area contributed by atoms with Crippen molar-refractivity contribution in [2.45, 2.75) is 5.92 Å². The number of hydrogen-bond acceptors (Lipinski definition) is 4. The van der Waals surface area contributed by atoms with Gasteiger partial charge < -0.3 is 16.2 Å². The molecule has 104 valence electrons. The van der Waals surface area contributed by atoms with Crippen molar-refractivity contribution in [1.29, 1.82) is 5.26 Å². The van der Waals surface area contributed by atoms with Gasteiger partial charge in [0.05, 0.1) is 5.92 Å². The van der Waals surface area contributed by atoms with Gasteiger partial charge in [0.1, 0.15) is 17.4 Å². The molecule has 4 nitrogen and oxygen atoms in total. The van der Waals surface area contributed by atoms with E-state index in [0.717, 1.165) is 11.1 Å². The largest absolute Gasteiger partial charge is 0.440 e. The minimum Gasteiger partial charge on any atom is -0.440 e. The fourth-order valence-corrected chi connectivity index (χ4v) is 2.60. The summed E-state index contributed by atoms with van der Waals surface area (Å²) >= 11 is 5.93. The number of halogens is 1. The zero-order valence-electron chi connectivity index (χ0n) is 11.0. The lowest BCUT2D eigenvalue weighted by Gasteiger charge is -2.26. The molecule has 2 aromatic rings. The quantitative estimate of drug-likeness (QED) is 0.792. The van der Waals surface area contributed by atoms with Gasteiger partial charge in [0.2, 0.25) is 5.88 Å². The van der Waals surface area contributed by atoms with Gasteiger partial charge in [0, 0.05) is 22.3 Å². The van der Waals surface area contributed by atoms with Crippen LogP contribution in [0.2, 0.25) is 5.02 Å². The number of hydrogen-bond donors (Lipinski definition) is 2. The summed E-state index contributed by atoms with van der Waals surface area (Å²) in [4.78, 5) is 0.